The maximum absolute atomic E-state index is 11.4. The van der Waals surface area contributed by atoms with Gasteiger partial charge in [0, 0.05) is 19.2 Å². The third-order valence-corrected chi connectivity index (χ3v) is 3.96. The fourth-order valence-corrected chi connectivity index (χ4v) is 2.89. The molecule has 1 aromatic carbocycles. The van der Waals surface area contributed by atoms with Gasteiger partial charge in [0.2, 0.25) is 0 Å². The molecule has 2 aliphatic heterocycles. The highest BCUT2D eigenvalue weighted by atomic mass is 16.5. The number of nitrogens with zero attached hydrogens (tertiary/aromatic N) is 1. The van der Waals surface area contributed by atoms with Crippen molar-refractivity contribution >= 4 is 23.0 Å². The summed E-state index contributed by atoms with van der Waals surface area (Å²) >= 11 is 0. The van der Waals surface area contributed by atoms with Crippen LogP contribution in [0.5, 0.6) is 5.75 Å². The Labute approximate surface area is 119 Å². The van der Waals surface area contributed by atoms with Gasteiger partial charge in [-0.2, -0.15) is 0 Å². The maximum atomic E-state index is 11.4. The van der Waals surface area contributed by atoms with Crippen molar-refractivity contribution in [3.63, 3.8) is 0 Å². The van der Waals surface area contributed by atoms with Gasteiger partial charge in [-0.3, -0.25) is 4.79 Å². The summed E-state index contributed by atoms with van der Waals surface area (Å²) in [5.74, 6) is 0.554. The van der Waals surface area contributed by atoms with Crippen molar-refractivity contribution in [3.8, 4) is 5.75 Å². The second-order valence-electron chi connectivity index (χ2n) is 5.50. The number of anilines is 3. The van der Waals surface area contributed by atoms with Gasteiger partial charge >= 0.3 is 0 Å². The molecule has 0 spiro atoms. The average Bonchev–Trinajstić information content (AvgIpc) is 2.39. The lowest BCUT2D eigenvalue weighted by molar-refractivity contribution is -0.118. The molecule has 0 aliphatic carbocycles. The van der Waals surface area contributed by atoms with Crippen LogP contribution in [0.2, 0.25) is 0 Å². The molecule has 0 bridgehead atoms. The zero-order valence-electron chi connectivity index (χ0n) is 11.7. The Kier molecular flexibility index (Phi) is 3.67. The van der Waals surface area contributed by atoms with Crippen LogP contribution >= 0.6 is 0 Å². The van der Waals surface area contributed by atoms with Gasteiger partial charge in [0.05, 0.1) is 17.1 Å². The van der Waals surface area contributed by atoms with Crippen molar-refractivity contribution in [2.24, 2.45) is 0 Å². The molecule has 1 fully saturated rings. The van der Waals surface area contributed by atoms with Gasteiger partial charge in [0.1, 0.15) is 5.75 Å². The second kappa shape index (κ2) is 5.61. The van der Waals surface area contributed by atoms with E-state index in [4.69, 9.17) is 10.5 Å². The normalized spacial score (nSPS) is 19.4. The Balaban J connectivity index is 1.88. The molecule has 1 aromatic rings. The Bertz CT molecular complexity index is 508. The zero-order chi connectivity index (χ0) is 13.9. The minimum absolute atomic E-state index is 0.0650. The SMILES string of the molecule is Nc1cc2c(cc1N1CCCCCCC1)NC(=O)CO2. The smallest absolute Gasteiger partial charge is 0.262 e. The van der Waals surface area contributed by atoms with Crippen molar-refractivity contribution in [3.05, 3.63) is 12.1 Å². The summed E-state index contributed by atoms with van der Waals surface area (Å²) in [5, 5.41) is 2.85. The maximum Gasteiger partial charge on any atom is 0.262 e. The number of ether oxygens (including phenoxy) is 1. The number of benzene rings is 1. The van der Waals surface area contributed by atoms with E-state index in [0.717, 1.165) is 30.2 Å². The molecule has 5 heteroatoms. The zero-order valence-corrected chi connectivity index (χ0v) is 11.7. The summed E-state index contributed by atoms with van der Waals surface area (Å²) in [7, 11) is 0. The summed E-state index contributed by atoms with van der Waals surface area (Å²) in [4.78, 5) is 13.7. The standard InChI is InChI=1S/C15H21N3O2/c16-11-8-14-12(17-15(19)10-20-14)9-13(11)18-6-4-2-1-3-5-7-18/h8-9H,1-7,10,16H2,(H,17,19). The monoisotopic (exact) mass is 275 g/mol. The summed E-state index contributed by atoms with van der Waals surface area (Å²) in [6, 6.07) is 3.77. The first kappa shape index (κ1) is 13.1. The lowest BCUT2D eigenvalue weighted by Gasteiger charge is -2.29. The predicted molar refractivity (Wildman–Crippen MR) is 80.3 cm³/mol. The Morgan fingerprint density at radius 2 is 1.80 bits per heavy atom. The van der Waals surface area contributed by atoms with Crippen molar-refractivity contribution in [2.45, 2.75) is 32.1 Å². The number of fused-ring (bicyclic) bond motifs is 1. The average molecular weight is 275 g/mol. The molecule has 0 radical (unpaired) electrons. The molecule has 2 aliphatic rings. The molecule has 0 aromatic heterocycles. The van der Waals surface area contributed by atoms with Crippen LogP contribution in [0, 0.1) is 0 Å². The van der Waals surface area contributed by atoms with E-state index < -0.39 is 0 Å². The van der Waals surface area contributed by atoms with E-state index in [0.29, 0.717) is 5.75 Å². The van der Waals surface area contributed by atoms with E-state index in [2.05, 4.69) is 10.2 Å². The quantitative estimate of drug-likeness (QED) is 0.772. The van der Waals surface area contributed by atoms with Crippen LogP contribution in [0.25, 0.3) is 0 Å². The minimum Gasteiger partial charge on any atom is -0.482 e. The number of amides is 1. The Morgan fingerprint density at radius 1 is 1.10 bits per heavy atom. The molecule has 0 unspecified atom stereocenters. The molecule has 2 heterocycles. The van der Waals surface area contributed by atoms with E-state index in [9.17, 15) is 4.79 Å². The number of hydrogen-bond donors (Lipinski definition) is 2. The highest BCUT2D eigenvalue weighted by molar-refractivity contribution is 5.97. The number of carbonyl (C=O) groups excluding carboxylic acids is 1. The minimum atomic E-state index is -0.110. The lowest BCUT2D eigenvalue weighted by Crippen LogP contribution is -2.29. The summed E-state index contributed by atoms with van der Waals surface area (Å²) in [6.07, 6.45) is 6.28. The van der Waals surface area contributed by atoms with Crippen LogP contribution in [0.15, 0.2) is 12.1 Å². The van der Waals surface area contributed by atoms with E-state index >= 15 is 0 Å². The van der Waals surface area contributed by atoms with E-state index in [1.54, 1.807) is 0 Å². The largest absolute Gasteiger partial charge is 0.482 e. The van der Waals surface area contributed by atoms with Gasteiger partial charge in [-0.1, -0.05) is 19.3 Å². The molecule has 5 nitrogen and oxygen atoms in total. The van der Waals surface area contributed by atoms with Crippen molar-refractivity contribution in [1.82, 2.24) is 0 Å². The van der Waals surface area contributed by atoms with Crippen LogP contribution in [0.3, 0.4) is 0 Å². The topological polar surface area (TPSA) is 67.6 Å². The number of nitrogens with two attached hydrogens (primary N) is 1. The van der Waals surface area contributed by atoms with E-state index in [1.807, 2.05) is 12.1 Å². The number of rotatable bonds is 1. The number of carbonyl (C=O) groups is 1. The van der Waals surface area contributed by atoms with E-state index in [-0.39, 0.29) is 12.5 Å². The summed E-state index contributed by atoms with van der Waals surface area (Å²) < 4.78 is 5.39. The van der Waals surface area contributed by atoms with Crippen molar-refractivity contribution in [2.75, 3.05) is 35.6 Å². The first-order valence-electron chi connectivity index (χ1n) is 7.35. The second-order valence-corrected chi connectivity index (χ2v) is 5.50. The van der Waals surface area contributed by atoms with E-state index in [1.165, 1.54) is 32.1 Å². The highest BCUT2D eigenvalue weighted by Crippen LogP contribution is 2.37. The van der Waals surface area contributed by atoms with Crippen LogP contribution in [0.4, 0.5) is 17.1 Å². The molecule has 1 amide bonds. The van der Waals surface area contributed by atoms with Gasteiger partial charge in [-0.05, 0) is 18.9 Å². The molecule has 0 atom stereocenters. The van der Waals surface area contributed by atoms with Gasteiger partial charge < -0.3 is 20.7 Å². The molecular formula is C15H21N3O2. The highest BCUT2D eigenvalue weighted by Gasteiger charge is 2.20. The first-order valence-corrected chi connectivity index (χ1v) is 7.35. The van der Waals surface area contributed by atoms with Crippen LogP contribution in [0.1, 0.15) is 32.1 Å². The Morgan fingerprint density at radius 3 is 2.55 bits per heavy atom. The summed E-state index contributed by atoms with van der Waals surface area (Å²) in [5.41, 5.74) is 8.63. The molecular weight excluding hydrogens is 254 g/mol. The molecule has 3 rings (SSSR count). The molecule has 1 saturated heterocycles. The van der Waals surface area contributed by atoms with Crippen LogP contribution < -0.4 is 20.7 Å². The fraction of sp³-hybridized carbons (Fsp3) is 0.533. The van der Waals surface area contributed by atoms with Crippen LogP contribution in [-0.2, 0) is 4.79 Å². The molecule has 20 heavy (non-hydrogen) atoms. The van der Waals surface area contributed by atoms with Crippen LogP contribution in [-0.4, -0.2) is 25.6 Å². The van der Waals surface area contributed by atoms with Gasteiger partial charge in [0.15, 0.2) is 6.61 Å². The molecule has 0 saturated carbocycles. The third-order valence-electron chi connectivity index (χ3n) is 3.96. The number of nitrogens with one attached hydrogen (secondary N) is 1. The third kappa shape index (κ3) is 2.66. The fourth-order valence-electron chi connectivity index (χ4n) is 2.89. The number of hydrogen-bond acceptors (Lipinski definition) is 4. The molecule has 108 valence electrons. The lowest BCUT2D eigenvalue weighted by atomic mass is 10.1. The molecule has 3 N–H and O–H groups in total. The van der Waals surface area contributed by atoms with Gasteiger partial charge in [-0.25, -0.2) is 0 Å². The van der Waals surface area contributed by atoms with Crippen molar-refractivity contribution in [1.29, 1.82) is 0 Å². The van der Waals surface area contributed by atoms with Crippen molar-refractivity contribution < 1.29 is 9.53 Å². The van der Waals surface area contributed by atoms with Gasteiger partial charge in [0.25, 0.3) is 5.91 Å². The van der Waals surface area contributed by atoms with Gasteiger partial charge in [-0.15, -0.1) is 0 Å². The Hall–Kier alpha value is -1.91. The number of nitrogen functional groups attached to an aromatic ring is 1. The predicted octanol–water partition coefficient (Wildman–Crippen LogP) is 2.37. The summed E-state index contributed by atoms with van der Waals surface area (Å²) in [6.45, 7) is 2.12. The first-order chi connectivity index (χ1) is 9.74.